The van der Waals surface area contributed by atoms with Crippen LogP contribution < -0.4 is 5.32 Å². The number of fused-ring (bicyclic) bond motifs is 1. The first-order valence-corrected chi connectivity index (χ1v) is 7.13. The summed E-state index contributed by atoms with van der Waals surface area (Å²) in [5.74, 6) is 2.46. The molecule has 0 aromatic carbocycles. The van der Waals surface area contributed by atoms with E-state index in [9.17, 15) is 0 Å². The minimum Gasteiger partial charge on any atom is -0.316 e. The molecule has 1 saturated carbocycles. The van der Waals surface area contributed by atoms with Crippen LogP contribution in [0.4, 0.5) is 0 Å². The molecule has 3 heterocycles. The van der Waals surface area contributed by atoms with E-state index in [0.717, 1.165) is 36.2 Å². The van der Waals surface area contributed by atoms with Crippen molar-refractivity contribution in [1.82, 2.24) is 25.1 Å². The van der Waals surface area contributed by atoms with E-state index in [4.69, 9.17) is 0 Å². The Bertz CT molecular complexity index is 537. The average molecular weight is 249 g/mol. The van der Waals surface area contributed by atoms with Gasteiger partial charge >= 0.3 is 0 Å². The van der Waals surface area contributed by atoms with Gasteiger partial charge in [0.15, 0.2) is 5.82 Å². The molecule has 0 radical (unpaired) electrons. The SMILES string of the molecule is C1CC(c2nnc3sc(CC4CNC4)nn23)C1. The highest BCUT2D eigenvalue weighted by atomic mass is 32.1. The Morgan fingerprint density at radius 1 is 1.29 bits per heavy atom. The zero-order valence-corrected chi connectivity index (χ0v) is 10.4. The molecular formula is C11H15N5S. The molecule has 0 bridgehead atoms. The van der Waals surface area contributed by atoms with Crippen LogP contribution in [-0.2, 0) is 6.42 Å². The van der Waals surface area contributed by atoms with Gasteiger partial charge in [0.25, 0.3) is 0 Å². The Morgan fingerprint density at radius 3 is 2.82 bits per heavy atom. The van der Waals surface area contributed by atoms with Crippen molar-refractivity contribution < 1.29 is 0 Å². The first-order chi connectivity index (χ1) is 8.40. The Balaban J connectivity index is 1.64. The van der Waals surface area contributed by atoms with Crippen molar-refractivity contribution in [3.63, 3.8) is 0 Å². The molecule has 4 rings (SSSR count). The molecule has 0 unspecified atom stereocenters. The van der Waals surface area contributed by atoms with Gasteiger partial charge in [0.1, 0.15) is 5.01 Å². The van der Waals surface area contributed by atoms with Crippen molar-refractivity contribution in [2.75, 3.05) is 13.1 Å². The predicted octanol–water partition coefficient (Wildman–Crippen LogP) is 1.22. The summed E-state index contributed by atoms with van der Waals surface area (Å²) in [6, 6.07) is 0. The van der Waals surface area contributed by atoms with Gasteiger partial charge in [-0.2, -0.15) is 9.61 Å². The van der Waals surface area contributed by atoms with E-state index in [-0.39, 0.29) is 0 Å². The third kappa shape index (κ3) is 1.58. The van der Waals surface area contributed by atoms with E-state index >= 15 is 0 Å². The Morgan fingerprint density at radius 2 is 2.18 bits per heavy atom. The third-order valence-corrected chi connectivity index (χ3v) is 4.78. The van der Waals surface area contributed by atoms with Crippen LogP contribution >= 0.6 is 11.3 Å². The molecule has 1 N–H and O–H groups in total. The second-order valence-corrected chi connectivity index (χ2v) is 6.15. The highest BCUT2D eigenvalue weighted by Crippen LogP contribution is 2.35. The summed E-state index contributed by atoms with van der Waals surface area (Å²) in [5, 5.41) is 17.7. The molecule has 6 heteroatoms. The van der Waals surface area contributed by atoms with Gasteiger partial charge in [-0.3, -0.25) is 0 Å². The van der Waals surface area contributed by atoms with Crippen LogP contribution in [0, 0.1) is 5.92 Å². The van der Waals surface area contributed by atoms with Gasteiger partial charge in [-0.15, -0.1) is 10.2 Å². The van der Waals surface area contributed by atoms with Crippen LogP contribution in [0.25, 0.3) is 4.96 Å². The zero-order valence-electron chi connectivity index (χ0n) is 9.59. The lowest BCUT2D eigenvalue weighted by molar-refractivity contribution is 0.344. The molecule has 17 heavy (non-hydrogen) atoms. The summed E-state index contributed by atoms with van der Waals surface area (Å²) in [4.78, 5) is 0.967. The normalized spacial score (nSPS) is 21.6. The topological polar surface area (TPSA) is 55.1 Å². The lowest BCUT2D eigenvalue weighted by atomic mass is 9.85. The number of nitrogens with one attached hydrogen (secondary N) is 1. The van der Waals surface area contributed by atoms with Crippen LogP contribution in [0.3, 0.4) is 0 Å². The minimum absolute atomic E-state index is 0.602. The Kier molecular flexibility index (Phi) is 2.19. The van der Waals surface area contributed by atoms with Crippen molar-refractivity contribution in [2.24, 2.45) is 5.92 Å². The summed E-state index contributed by atoms with van der Waals surface area (Å²) in [6.45, 7) is 2.27. The van der Waals surface area contributed by atoms with Crippen LogP contribution in [-0.4, -0.2) is 32.9 Å². The number of aromatic nitrogens is 4. The molecule has 2 fully saturated rings. The molecular weight excluding hydrogens is 234 g/mol. The lowest BCUT2D eigenvalue weighted by Crippen LogP contribution is -2.43. The van der Waals surface area contributed by atoms with Gasteiger partial charge in [-0.25, -0.2) is 0 Å². The molecule has 2 aliphatic rings. The van der Waals surface area contributed by atoms with E-state index in [0.29, 0.717) is 5.92 Å². The van der Waals surface area contributed by atoms with Crippen LogP contribution in [0.2, 0.25) is 0 Å². The number of rotatable bonds is 3. The van der Waals surface area contributed by atoms with Gasteiger partial charge in [-0.05, 0) is 31.8 Å². The average Bonchev–Trinajstić information content (AvgIpc) is 2.71. The van der Waals surface area contributed by atoms with Gasteiger partial charge in [-0.1, -0.05) is 17.8 Å². The molecule has 2 aromatic heterocycles. The largest absolute Gasteiger partial charge is 0.316 e. The van der Waals surface area contributed by atoms with Crippen molar-refractivity contribution in [2.45, 2.75) is 31.6 Å². The summed E-state index contributed by atoms with van der Waals surface area (Å²) < 4.78 is 1.98. The van der Waals surface area contributed by atoms with E-state index in [1.165, 1.54) is 24.3 Å². The van der Waals surface area contributed by atoms with E-state index in [1.54, 1.807) is 11.3 Å². The van der Waals surface area contributed by atoms with Crippen molar-refractivity contribution in [1.29, 1.82) is 0 Å². The maximum atomic E-state index is 4.68. The van der Waals surface area contributed by atoms with Gasteiger partial charge < -0.3 is 5.32 Å². The van der Waals surface area contributed by atoms with Crippen LogP contribution in [0.5, 0.6) is 0 Å². The summed E-state index contributed by atoms with van der Waals surface area (Å²) >= 11 is 1.70. The van der Waals surface area contributed by atoms with Crippen molar-refractivity contribution >= 4 is 16.3 Å². The minimum atomic E-state index is 0.602. The van der Waals surface area contributed by atoms with Gasteiger partial charge in [0.05, 0.1) is 0 Å². The molecule has 0 spiro atoms. The first-order valence-electron chi connectivity index (χ1n) is 6.32. The molecule has 2 aromatic rings. The fraction of sp³-hybridized carbons (Fsp3) is 0.727. The third-order valence-electron chi connectivity index (χ3n) is 3.86. The molecule has 5 nitrogen and oxygen atoms in total. The van der Waals surface area contributed by atoms with Crippen molar-refractivity contribution in [3.8, 4) is 0 Å². The second kappa shape index (κ2) is 3.74. The van der Waals surface area contributed by atoms with E-state index in [1.807, 2.05) is 4.52 Å². The lowest BCUT2D eigenvalue weighted by Gasteiger charge is -2.25. The first kappa shape index (κ1) is 9.96. The monoisotopic (exact) mass is 249 g/mol. The van der Waals surface area contributed by atoms with Gasteiger partial charge in [0.2, 0.25) is 4.96 Å². The highest BCUT2D eigenvalue weighted by molar-refractivity contribution is 7.16. The predicted molar refractivity (Wildman–Crippen MR) is 65.3 cm³/mol. The van der Waals surface area contributed by atoms with Crippen molar-refractivity contribution in [3.05, 3.63) is 10.8 Å². The number of hydrogen-bond acceptors (Lipinski definition) is 5. The fourth-order valence-corrected chi connectivity index (χ4v) is 3.37. The maximum absolute atomic E-state index is 4.68. The maximum Gasteiger partial charge on any atom is 0.234 e. The summed E-state index contributed by atoms with van der Waals surface area (Å²) in [6.07, 6.45) is 4.91. The van der Waals surface area contributed by atoms with Crippen LogP contribution in [0.1, 0.15) is 36.0 Å². The molecule has 0 amide bonds. The number of hydrogen-bond donors (Lipinski definition) is 1. The van der Waals surface area contributed by atoms with Gasteiger partial charge in [0, 0.05) is 12.3 Å². The smallest absolute Gasteiger partial charge is 0.234 e. The van der Waals surface area contributed by atoms with E-state index in [2.05, 4.69) is 20.6 Å². The highest BCUT2D eigenvalue weighted by Gasteiger charge is 2.27. The molecule has 0 atom stereocenters. The second-order valence-electron chi connectivity index (χ2n) is 5.10. The van der Waals surface area contributed by atoms with E-state index < -0.39 is 0 Å². The Labute approximate surface area is 103 Å². The van der Waals surface area contributed by atoms with Crippen LogP contribution in [0.15, 0.2) is 0 Å². The standard InChI is InChI=1S/C11H15N5S/c1-2-8(3-1)10-13-14-11-16(10)15-9(17-11)4-7-5-12-6-7/h7-8,12H,1-6H2. The fourth-order valence-electron chi connectivity index (χ4n) is 2.41. The summed E-state index contributed by atoms with van der Waals surface area (Å²) in [7, 11) is 0. The zero-order chi connectivity index (χ0) is 11.2. The quantitative estimate of drug-likeness (QED) is 0.888. The Hall–Kier alpha value is -1.01. The molecule has 90 valence electrons. The summed E-state index contributed by atoms with van der Waals surface area (Å²) in [5.41, 5.74) is 0. The molecule has 1 saturated heterocycles. The molecule has 1 aliphatic heterocycles. The molecule has 1 aliphatic carbocycles. The number of nitrogens with zero attached hydrogens (tertiary/aromatic N) is 4.